The third kappa shape index (κ3) is 3.80. The standard InChI is InChI=1S/C11H18N4O2S/c1-3-15(7-9(16)13-2)6-8-4-5-18-10(8)11(17)14-12/h4-5H,3,6-7,12H2,1-2H3,(H,13,16)(H,14,17). The van der Waals surface area contributed by atoms with Gasteiger partial charge in [0.05, 0.1) is 11.4 Å². The molecule has 0 atom stereocenters. The number of hydrazine groups is 1. The van der Waals surface area contributed by atoms with E-state index in [1.807, 2.05) is 23.3 Å². The summed E-state index contributed by atoms with van der Waals surface area (Å²) in [7, 11) is 1.61. The number of nitrogens with two attached hydrogens (primary N) is 1. The zero-order valence-corrected chi connectivity index (χ0v) is 11.3. The fourth-order valence-corrected chi connectivity index (χ4v) is 2.35. The lowest BCUT2D eigenvalue weighted by Crippen LogP contribution is -2.36. The Kier molecular flexibility index (Phi) is 5.76. The molecule has 1 rings (SSSR count). The molecule has 0 spiro atoms. The lowest BCUT2D eigenvalue weighted by Gasteiger charge is -2.19. The number of hydrogen-bond acceptors (Lipinski definition) is 5. The zero-order valence-electron chi connectivity index (χ0n) is 10.5. The van der Waals surface area contributed by atoms with Crippen LogP contribution >= 0.6 is 11.3 Å². The molecule has 0 aromatic carbocycles. The van der Waals surface area contributed by atoms with E-state index in [9.17, 15) is 9.59 Å². The highest BCUT2D eigenvalue weighted by Gasteiger charge is 2.15. The van der Waals surface area contributed by atoms with Crippen molar-refractivity contribution in [2.45, 2.75) is 13.5 Å². The molecule has 0 aliphatic rings. The highest BCUT2D eigenvalue weighted by atomic mass is 32.1. The van der Waals surface area contributed by atoms with Gasteiger partial charge in [0.25, 0.3) is 5.91 Å². The molecule has 0 aliphatic carbocycles. The van der Waals surface area contributed by atoms with Crippen molar-refractivity contribution in [2.24, 2.45) is 5.84 Å². The van der Waals surface area contributed by atoms with Gasteiger partial charge in [-0.05, 0) is 23.6 Å². The van der Waals surface area contributed by atoms with Crippen LogP contribution < -0.4 is 16.6 Å². The van der Waals surface area contributed by atoms with Crippen molar-refractivity contribution in [3.05, 3.63) is 21.9 Å². The lowest BCUT2D eigenvalue weighted by atomic mass is 10.2. The van der Waals surface area contributed by atoms with Crippen molar-refractivity contribution in [1.29, 1.82) is 0 Å². The summed E-state index contributed by atoms with van der Waals surface area (Å²) in [6.07, 6.45) is 0. The number of thiophene rings is 1. The fraction of sp³-hybridized carbons (Fsp3) is 0.455. The quantitative estimate of drug-likeness (QED) is 0.383. The number of nitrogens with one attached hydrogen (secondary N) is 2. The monoisotopic (exact) mass is 270 g/mol. The third-order valence-corrected chi connectivity index (χ3v) is 3.53. The maximum atomic E-state index is 11.5. The normalized spacial score (nSPS) is 10.4. The molecule has 0 saturated carbocycles. The van der Waals surface area contributed by atoms with Gasteiger partial charge in [-0.15, -0.1) is 11.3 Å². The second-order valence-corrected chi connectivity index (χ2v) is 4.64. The highest BCUT2D eigenvalue weighted by molar-refractivity contribution is 7.12. The molecule has 1 aromatic heterocycles. The van der Waals surface area contributed by atoms with Crippen LogP contribution in [0.1, 0.15) is 22.2 Å². The molecule has 18 heavy (non-hydrogen) atoms. The summed E-state index contributed by atoms with van der Waals surface area (Å²) in [4.78, 5) is 25.4. The molecular formula is C11H18N4O2S. The molecule has 100 valence electrons. The predicted molar refractivity (Wildman–Crippen MR) is 71.0 cm³/mol. The number of nitrogens with zero attached hydrogens (tertiary/aromatic N) is 1. The van der Waals surface area contributed by atoms with Gasteiger partial charge in [0.15, 0.2) is 0 Å². The summed E-state index contributed by atoms with van der Waals surface area (Å²) in [5.41, 5.74) is 3.01. The van der Waals surface area contributed by atoms with E-state index in [1.165, 1.54) is 11.3 Å². The van der Waals surface area contributed by atoms with Crippen LogP contribution in [0.15, 0.2) is 11.4 Å². The van der Waals surface area contributed by atoms with Crippen LogP contribution in [-0.2, 0) is 11.3 Å². The minimum Gasteiger partial charge on any atom is -0.358 e. The molecule has 4 N–H and O–H groups in total. The van der Waals surface area contributed by atoms with E-state index in [0.29, 0.717) is 18.0 Å². The van der Waals surface area contributed by atoms with Crippen molar-refractivity contribution in [3.63, 3.8) is 0 Å². The largest absolute Gasteiger partial charge is 0.358 e. The van der Waals surface area contributed by atoms with E-state index in [2.05, 4.69) is 10.7 Å². The number of rotatable bonds is 6. The van der Waals surface area contributed by atoms with Crippen molar-refractivity contribution >= 4 is 23.2 Å². The van der Waals surface area contributed by atoms with Gasteiger partial charge in [0, 0.05) is 13.6 Å². The molecule has 6 nitrogen and oxygen atoms in total. The van der Waals surface area contributed by atoms with E-state index in [0.717, 1.165) is 12.1 Å². The Morgan fingerprint density at radius 2 is 2.22 bits per heavy atom. The molecule has 7 heteroatoms. The average molecular weight is 270 g/mol. The van der Waals surface area contributed by atoms with Crippen LogP contribution in [-0.4, -0.2) is 36.9 Å². The highest BCUT2D eigenvalue weighted by Crippen LogP contribution is 2.18. The molecule has 0 saturated heterocycles. The Labute approximate surface area is 110 Å². The van der Waals surface area contributed by atoms with Gasteiger partial charge in [-0.3, -0.25) is 19.9 Å². The molecule has 0 aliphatic heterocycles. The Hall–Kier alpha value is -1.44. The average Bonchev–Trinajstić information content (AvgIpc) is 2.84. The van der Waals surface area contributed by atoms with Gasteiger partial charge in [-0.1, -0.05) is 6.92 Å². The summed E-state index contributed by atoms with van der Waals surface area (Å²) >= 11 is 1.34. The number of hydrogen-bond donors (Lipinski definition) is 3. The van der Waals surface area contributed by atoms with Crippen molar-refractivity contribution < 1.29 is 9.59 Å². The molecular weight excluding hydrogens is 252 g/mol. The summed E-state index contributed by atoms with van der Waals surface area (Å²) < 4.78 is 0. The van der Waals surface area contributed by atoms with Crippen molar-refractivity contribution in [3.8, 4) is 0 Å². The van der Waals surface area contributed by atoms with Crippen LogP contribution in [0.2, 0.25) is 0 Å². The topological polar surface area (TPSA) is 87.5 Å². The Bertz CT molecular complexity index is 419. The lowest BCUT2D eigenvalue weighted by molar-refractivity contribution is -0.121. The molecule has 0 unspecified atom stereocenters. The van der Waals surface area contributed by atoms with E-state index >= 15 is 0 Å². The smallest absolute Gasteiger partial charge is 0.275 e. The number of carbonyl (C=O) groups is 2. The number of amides is 2. The van der Waals surface area contributed by atoms with Gasteiger partial charge < -0.3 is 5.32 Å². The maximum Gasteiger partial charge on any atom is 0.275 e. The van der Waals surface area contributed by atoms with Gasteiger partial charge in [-0.2, -0.15) is 0 Å². The summed E-state index contributed by atoms with van der Waals surface area (Å²) in [5, 5.41) is 4.42. The van der Waals surface area contributed by atoms with E-state index in [1.54, 1.807) is 7.05 Å². The summed E-state index contributed by atoms with van der Waals surface area (Å²) in [6, 6.07) is 1.88. The van der Waals surface area contributed by atoms with Crippen LogP contribution in [0.25, 0.3) is 0 Å². The van der Waals surface area contributed by atoms with Crippen LogP contribution in [0, 0.1) is 0 Å². The van der Waals surface area contributed by atoms with Crippen LogP contribution in [0.4, 0.5) is 0 Å². The third-order valence-electron chi connectivity index (χ3n) is 2.57. The number of likely N-dealkylation sites (N-methyl/N-ethyl adjacent to an activating group) is 2. The molecule has 0 radical (unpaired) electrons. The van der Waals surface area contributed by atoms with Crippen LogP contribution in [0.3, 0.4) is 0 Å². The van der Waals surface area contributed by atoms with Gasteiger partial charge in [0.2, 0.25) is 5.91 Å². The second kappa shape index (κ2) is 7.10. The molecule has 1 aromatic rings. The molecule has 2 amide bonds. The fourth-order valence-electron chi connectivity index (χ4n) is 1.53. The summed E-state index contributed by atoms with van der Waals surface area (Å²) in [5.74, 6) is 4.79. The first-order chi connectivity index (χ1) is 8.62. The van der Waals surface area contributed by atoms with Gasteiger partial charge in [-0.25, -0.2) is 5.84 Å². The Morgan fingerprint density at radius 1 is 1.50 bits per heavy atom. The van der Waals surface area contributed by atoms with E-state index in [-0.39, 0.29) is 11.8 Å². The zero-order chi connectivity index (χ0) is 13.5. The first kappa shape index (κ1) is 14.6. The number of nitrogen functional groups attached to an aromatic ring is 1. The first-order valence-electron chi connectivity index (χ1n) is 5.62. The maximum absolute atomic E-state index is 11.5. The van der Waals surface area contributed by atoms with Gasteiger partial charge >= 0.3 is 0 Å². The van der Waals surface area contributed by atoms with Gasteiger partial charge in [0.1, 0.15) is 0 Å². The predicted octanol–water partition coefficient (Wildman–Crippen LogP) is -0.0805. The van der Waals surface area contributed by atoms with Crippen molar-refractivity contribution in [2.75, 3.05) is 20.1 Å². The Morgan fingerprint density at radius 3 is 2.78 bits per heavy atom. The minimum atomic E-state index is -0.295. The number of carbonyl (C=O) groups excluding carboxylic acids is 2. The van der Waals surface area contributed by atoms with Crippen molar-refractivity contribution in [1.82, 2.24) is 15.6 Å². The van der Waals surface area contributed by atoms with E-state index < -0.39 is 0 Å². The first-order valence-corrected chi connectivity index (χ1v) is 6.50. The SMILES string of the molecule is CCN(CC(=O)NC)Cc1ccsc1C(=O)NN. The Balaban J connectivity index is 2.73. The van der Waals surface area contributed by atoms with Crippen LogP contribution in [0.5, 0.6) is 0 Å². The molecule has 0 bridgehead atoms. The van der Waals surface area contributed by atoms with E-state index in [4.69, 9.17) is 5.84 Å². The molecule has 1 heterocycles. The summed E-state index contributed by atoms with van der Waals surface area (Å²) in [6.45, 7) is 3.56. The molecule has 0 fully saturated rings. The minimum absolute atomic E-state index is 0.0445. The second-order valence-electron chi connectivity index (χ2n) is 3.72.